The maximum atomic E-state index is 13.2. The van der Waals surface area contributed by atoms with Gasteiger partial charge in [0.2, 0.25) is 0 Å². The summed E-state index contributed by atoms with van der Waals surface area (Å²) in [6, 6.07) is 24.8. The smallest absolute Gasteiger partial charge is 0.416 e. The molecular weight excluding hydrogens is 543 g/mol. The SMILES string of the molecule is O=C(Oc1ccccc1C=NNC(=O)c1[nH]c2ccccc2c1-c1ccccc1Cl)c1cccc(C(F)(F)F)c1. The molecule has 0 unspecified atom stereocenters. The van der Waals surface area contributed by atoms with Gasteiger partial charge in [-0.05, 0) is 42.5 Å². The molecular formula is C30H19ClF3N3O3. The molecule has 1 amide bonds. The Bertz CT molecular complexity index is 1760. The van der Waals surface area contributed by atoms with Crippen LogP contribution in [0, 0.1) is 0 Å². The van der Waals surface area contributed by atoms with Crippen LogP contribution in [0.3, 0.4) is 0 Å². The minimum atomic E-state index is -4.60. The number of rotatable bonds is 6. The fraction of sp³-hybridized carbons (Fsp3) is 0.0333. The summed E-state index contributed by atoms with van der Waals surface area (Å²) in [5, 5.41) is 5.29. The molecule has 6 nitrogen and oxygen atoms in total. The molecule has 200 valence electrons. The first kappa shape index (κ1) is 26.7. The van der Waals surface area contributed by atoms with Crippen molar-refractivity contribution in [2.75, 3.05) is 0 Å². The van der Waals surface area contributed by atoms with Gasteiger partial charge < -0.3 is 9.72 Å². The Morgan fingerprint density at radius 1 is 0.900 bits per heavy atom. The fourth-order valence-electron chi connectivity index (χ4n) is 4.13. The molecule has 0 fully saturated rings. The molecule has 0 aliphatic rings. The number of carbonyl (C=O) groups is 2. The van der Waals surface area contributed by atoms with E-state index in [2.05, 4.69) is 15.5 Å². The highest BCUT2D eigenvalue weighted by atomic mass is 35.5. The van der Waals surface area contributed by atoms with Gasteiger partial charge in [-0.15, -0.1) is 0 Å². The second-order valence-electron chi connectivity index (χ2n) is 8.61. The second kappa shape index (κ2) is 11.1. The zero-order valence-corrected chi connectivity index (χ0v) is 21.3. The Balaban J connectivity index is 1.38. The number of nitrogens with zero attached hydrogens (tertiary/aromatic N) is 1. The minimum absolute atomic E-state index is 0.0466. The summed E-state index contributed by atoms with van der Waals surface area (Å²) in [5.41, 5.74) is 3.81. The number of hydrogen-bond acceptors (Lipinski definition) is 4. The van der Waals surface area contributed by atoms with E-state index in [-0.39, 0.29) is 17.0 Å². The number of hydrogen-bond donors (Lipinski definition) is 2. The molecule has 0 saturated heterocycles. The van der Waals surface area contributed by atoms with E-state index in [0.717, 1.165) is 29.1 Å². The molecule has 0 spiro atoms. The molecule has 2 N–H and O–H groups in total. The maximum Gasteiger partial charge on any atom is 0.416 e. The zero-order chi connectivity index (χ0) is 28.3. The van der Waals surface area contributed by atoms with Gasteiger partial charge in [0, 0.05) is 32.6 Å². The van der Waals surface area contributed by atoms with E-state index in [9.17, 15) is 22.8 Å². The molecule has 0 bridgehead atoms. The number of halogens is 4. The average molecular weight is 562 g/mol. The number of aromatic nitrogens is 1. The van der Waals surface area contributed by atoms with Crippen LogP contribution in [0.25, 0.3) is 22.0 Å². The van der Waals surface area contributed by atoms with Crippen molar-refractivity contribution < 1.29 is 27.5 Å². The molecule has 5 aromatic rings. The van der Waals surface area contributed by atoms with Crippen LogP contribution in [0.15, 0.2) is 102 Å². The molecule has 0 atom stereocenters. The number of ether oxygens (including phenoxy) is 1. The van der Waals surface area contributed by atoms with Crippen LogP contribution in [0.4, 0.5) is 13.2 Å². The number of aromatic amines is 1. The monoisotopic (exact) mass is 561 g/mol. The lowest BCUT2D eigenvalue weighted by Crippen LogP contribution is -2.19. The number of carbonyl (C=O) groups excluding carboxylic acids is 2. The van der Waals surface area contributed by atoms with Crippen molar-refractivity contribution in [1.82, 2.24) is 10.4 Å². The van der Waals surface area contributed by atoms with Gasteiger partial charge in [-0.2, -0.15) is 18.3 Å². The molecule has 5 rings (SSSR count). The van der Waals surface area contributed by atoms with Crippen molar-refractivity contribution in [2.45, 2.75) is 6.18 Å². The number of benzene rings is 4. The van der Waals surface area contributed by atoms with Crippen LogP contribution < -0.4 is 10.2 Å². The van der Waals surface area contributed by atoms with Gasteiger partial charge in [0.15, 0.2) is 0 Å². The lowest BCUT2D eigenvalue weighted by molar-refractivity contribution is -0.137. The first-order chi connectivity index (χ1) is 19.2. The van der Waals surface area contributed by atoms with Crippen LogP contribution in [0.5, 0.6) is 5.75 Å². The quantitative estimate of drug-likeness (QED) is 0.0975. The fourth-order valence-corrected chi connectivity index (χ4v) is 4.36. The van der Waals surface area contributed by atoms with Gasteiger partial charge in [-0.1, -0.05) is 66.2 Å². The van der Waals surface area contributed by atoms with E-state index in [1.165, 1.54) is 18.3 Å². The van der Waals surface area contributed by atoms with Crippen molar-refractivity contribution in [3.63, 3.8) is 0 Å². The van der Waals surface area contributed by atoms with E-state index < -0.39 is 23.6 Å². The van der Waals surface area contributed by atoms with Crippen molar-refractivity contribution >= 4 is 40.6 Å². The summed E-state index contributed by atoms with van der Waals surface area (Å²) in [4.78, 5) is 28.9. The van der Waals surface area contributed by atoms with E-state index in [1.54, 1.807) is 30.3 Å². The molecule has 0 aliphatic carbocycles. The van der Waals surface area contributed by atoms with Crippen LogP contribution in [0.1, 0.15) is 32.0 Å². The Kier molecular flexibility index (Phi) is 7.39. The predicted octanol–water partition coefficient (Wildman–Crippen LogP) is 7.49. The lowest BCUT2D eigenvalue weighted by atomic mass is 10.0. The summed E-state index contributed by atoms with van der Waals surface area (Å²) in [6.45, 7) is 0. The van der Waals surface area contributed by atoms with E-state index in [4.69, 9.17) is 16.3 Å². The van der Waals surface area contributed by atoms with Gasteiger partial charge in [-0.3, -0.25) is 4.79 Å². The van der Waals surface area contributed by atoms with Gasteiger partial charge in [-0.25, -0.2) is 10.2 Å². The number of fused-ring (bicyclic) bond motifs is 1. The Morgan fingerprint density at radius 3 is 2.42 bits per heavy atom. The van der Waals surface area contributed by atoms with Gasteiger partial charge >= 0.3 is 12.1 Å². The van der Waals surface area contributed by atoms with Gasteiger partial charge in [0.1, 0.15) is 11.4 Å². The molecule has 0 aliphatic heterocycles. The third-order valence-electron chi connectivity index (χ3n) is 5.99. The highest BCUT2D eigenvalue weighted by molar-refractivity contribution is 6.34. The van der Waals surface area contributed by atoms with Gasteiger partial charge in [0.25, 0.3) is 5.91 Å². The molecule has 0 radical (unpaired) electrons. The Morgan fingerprint density at radius 2 is 1.62 bits per heavy atom. The number of amides is 1. The highest BCUT2D eigenvalue weighted by Crippen LogP contribution is 2.36. The summed E-state index contributed by atoms with van der Waals surface area (Å²) in [6.07, 6.45) is -3.33. The summed E-state index contributed by atoms with van der Waals surface area (Å²) in [5.74, 6) is -1.47. The van der Waals surface area contributed by atoms with E-state index in [1.807, 2.05) is 36.4 Å². The number of para-hydroxylation sites is 2. The molecule has 40 heavy (non-hydrogen) atoms. The number of H-pyrrole nitrogens is 1. The van der Waals surface area contributed by atoms with Crippen molar-refractivity contribution in [2.24, 2.45) is 5.10 Å². The first-order valence-electron chi connectivity index (χ1n) is 11.9. The highest BCUT2D eigenvalue weighted by Gasteiger charge is 2.31. The Labute approximate surface area is 231 Å². The number of nitrogens with one attached hydrogen (secondary N) is 2. The molecule has 1 aromatic heterocycles. The van der Waals surface area contributed by atoms with Crippen molar-refractivity contribution in [3.8, 4) is 16.9 Å². The van der Waals surface area contributed by atoms with Crippen LogP contribution in [-0.2, 0) is 6.18 Å². The summed E-state index contributed by atoms with van der Waals surface area (Å²) in [7, 11) is 0. The Hall–Kier alpha value is -4.89. The minimum Gasteiger partial charge on any atom is -0.422 e. The molecule has 0 saturated carbocycles. The van der Waals surface area contributed by atoms with Crippen molar-refractivity contribution in [3.05, 3.63) is 124 Å². The predicted molar refractivity (Wildman–Crippen MR) is 147 cm³/mol. The zero-order valence-electron chi connectivity index (χ0n) is 20.5. The third-order valence-corrected chi connectivity index (χ3v) is 6.32. The average Bonchev–Trinajstić information content (AvgIpc) is 3.33. The van der Waals surface area contributed by atoms with Crippen LogP contribution in [-0.4, -0.2) is 23.1 Å². The topological polar surface area (TPSA) is 83.5 Å². The van der Waals surface area contributed by atoms with E-state index >= 15 is 0 Å². The van der Waals surface area contributed by atoms with Crippen LogP contribution >= 0.6 is 11.6 Å². The number of hydrazone groups is 1. The lowest BCUT2D eigenvalue weighted by Gasteiger charge is -2.10. The third kappa shape index (κ3) is 5.60. The molecule has 10 heteroatoms. The summed E-state index contributed by atoms with van der Waals surface area (Å²) >= 11 is 6.44. The first-order valence-corrected chi connectivity index (χ1v) is 12.3. The standard InChI is InChI=1S/C30H19ClF3N3O3/c31-23-13-4-2-11-21(23)26-22-12-3-5-14-24(22)36-27(26)28(38)37-35-17-19-8-1-6-15-25(19)40-29(39)18-9-7-10-20(16-18)30(32,33)34/h1-17,36H,(H,37,38). The van der Waals surface area contributed by atoms with Gasteiger partial charge in [0.05, 0.1) is 17.3 Å². The summed E-state index contributed by atoms with van der Waals surface area (Å²) < 4.78 is 44.5. The molecule has 4 aromatic carbocycles. The largest absolute Gasteiger partial charge is 0.422 e. The number of alkyl halides is 3. The van der Waals surface area contributed by atoms with E-state index in [0.29, 0.717) is 21.7 Å². The van der Waals surface area contributed by atoms with Crippen LogP contribution in [0.2, 0.25) is 5.02 Å². The maximum absolute atomic E-state index is 13.2. The van der Waals surface area contributed by atoms with Crippen molar-refractivity contribution in [1.29, 1.82) is 0 Å². The second-order valence-corrected chi connectivity index (χ2v) is 9.01. The molecule has 1 heterocycles. The number of esters is 1. The normalized spacial score (nSPS) is 11.6.